The van der Waals surface area contributed by atoms with Crippen molar-refractivity contribution in [2.24, 2.45) is 5.41 Å². The monoisotopic (exact) mass is 252 g/mol. The highest BCUT2D eigenvalue weighted by molar-refractivity contribution is 6.05. The van der Waals surface area contributed by atoms with Crippen LogP contribution in [-0.4, -0.2) is 35.3 Å². The average Bonchev–Trinajstić information content (AvgIpc) is 2.53. The lowest BCUT2D eigenvalue weighted by Crippen LogP contribution is -2.47. The van der Waals surface area contributed by atoms with E-state index in [0.29, 0.717) is 11.8 Å². The molecule has 0 aromatic heterocycles. The number of nitrogens with zero attached hydrogens (tertiary/aromatic N) is 1. The Bertz CT molecular complexity index is 342. The van der Waals surface area contributed by atoms with Gasteiger partial charge in [-0.15, -0.1) is 0 Å². The fourth-order valence-corrected chi connectivity index (χ4v) is 3.02. The zero-order valence-corrected chi connectivity index (χ0v) is 11.7. The predicted molar refractivity (Wildman–Crippen MR) is 70.0 cm³/mol. The van der Waals surface area contributed by atoms with Crippen LogP contribution in [0.3, 0.4) is 0 Å². The fourth-order valence-electron chi connectivity index (χ4n) is 3.02. The summed E-state index contributed by atoms with van der Waals surface area (Å²) in [6.45, 7) is 6.86. The number of carbonyl (C=O) groups is 2. The highest BCUT2D eigenvalue weighted by Crippen LogP contribution is 2.43. The zero-order chi connectivity index (χ0) is 13.3. The van der Waals surface area contributed by atoms with Gasteiger partial charge in [0, 0.05) is 12.6 Å². The van der Waals surface area contributed by atoms with Crippen LogP contribution in [0.25, 0.3) is 0 Å². The molecule has 2 amide bonds. The summed E-state index contributed by atoms with van der Waals surface area (Å²) in [4.78, 5) is 25.3. The molecule has 1 heterocycles. The third-order valence-corrected chi connectivity index (χ3v) is 4.59. The van der Waals surface area contributed by atoms with Crippen molar-refractivity contribution in [2.45, 2.75) is 65.0 Å². The molecule has 102 valence electrons. The van der Waals surface area contributed by atoms with Gasteiger partial charge in [0.05, 0.1) is 12.5 Å². The van der Waals surface area contributed by atoms with Gasteiger partial charge in [-0.05, 0) is 38.5 Å². The first kappa shape index (κ1) is 13.5. The van der Waals surface area contributed by atoms with E-state index in [2.05, 4.69) is 12.2 Å². The van der Waals surface area contributed by atoms with E-state index in [0.717, 1.165) is 13.0 Å². The van der Waals surface area contributed by atoms with Gasteiger partial charge in [0.1, 0.15) is 0 Å². The second-order valence-corrected chi connectivity index (χ2v) is 6.04. The summed E-state index contributed by atoms with van der Waals surface area (Å²) < 4.78 is 0. The fraction of sp³-hybridized carbons (Fsp3) is 0.857. The van der Waals surface area contributed by atoms with E-state index < -0.39 is 0 Å². The quantitative estimate of drug-likeness (QED) is 0.758. The van der Waals surface area contributed by atoms with Gasteiger partial charge >= 0.3 is 0 Å². The lowest BCUT2D eigenvalue weighted by Gasteiger charge is -2.42. The third-order valence-electron chi connectivity index (χ3n) is 4.59. The van der Waals surface area contributed by atoms with Crippen LogP contribution in [0.1, 0.15) is 52.9 Å². The second-order valence-electron chi connectivity index (χ2n) is 6.04. The van der Waals surface area contributed by atoms with Crippen LogP contribution in [0.5, 0.6) is 0 Å². The van der Waals surface area contributed by atoms with Crippen molar-refractivity contribution in [1.82, 2.24) is 10.2 Å². The Morgan fingerprint density at radius 3 is 2.44 bits per heavy atom. The van der Waals surface area contributed by atoms with Crippen molar-refractivity contribution >= 4 is 11.8 Å². The molecule has 0 spiro atoms. The summed E-state index contributed by atoms with van der Waals surface area (Å²) in [5.74, 6) is -0.0766. The number of carbonyl (C=O) groups excluding carboxylic acids is 2. The Morgan fingerprint density at radius 1 is 1.39 bits per heavy atom. The normalized spacial score (nSPS) is 26.9. The molecule has 1 aliphatic heterocycles. The van der Waals surface area contributed by atoms with Crippen molar-refractivity contribution in [3.63, 3.8) is 0 Å². The van der Waals surface area contributed by atoms with E-state index in [1.54, 1.807) is 0 Å². The molecule has 1 atom stereocenters. The van der Waals surface area contributed by atoms with Crippen molar-refractivity contribution < 1.29 is 9.59 Å². The lowest BCUT2D eigenvalue weighted by molar-refractivity contribution is -0.140. The van der Waals surface area contributed by atoms with Crippen LogP contribution in [0.4, 0.5) is 0 Å². The Kier molecular flexibility index (Phi) is 3.76. The summed E-state index contributed by atoms with van der Waals surface area (Å²) in [6.07, 6.45) is 5.28. The molecule has 2 aliphatic rings. The second kappa shape index (κ2) is 5.00. The van der Waals surface area contributed by atoms with Crippen LogP contribution in [0.2, 0.25) is 0 Å². The number of nitrogens with one attached hydrogen (secondary N) is 1. The Labute approximate surface area is 109 Å². The molecule has 1 saturated carbocycles. The molecular formula is C14H24N2O2. The van der Waals surface area contributed by atoms with E-state index in [1.165, 1.54) is 24.2 Å². The van der Waals surface area contributed by atoms with Crippen molar-refractivity contribution in [3.05, 3.63) is 0 Å². The predicted octanol–water partition coefficient (Wildman–Crippen LogP) is 1.69. The summed E-state index contributed by atoms with van der Waals surface area (Å²) in [5, 5.41) is 3.33. The SMILES string of the molecule is CCC1(CNC2CC(=O)N(C(C)C)C2=O)CCC1. The van der Waals surface area contributed by atoms with Crippen LogP contribution >= 0.6 is 0 Å². The summed E-state index contributed by atoms with van der Waals surface area (Å²) in [5.41, 5.74) is 0.384. The molecule has 1 unspecified atom stereocenters. The lowest BCUT2D eigenvalue weighted by atomic mass is 9.67. The molecule has 2 fully saturated rings. The number of hydrogen-bond donors (Lipinski definition) is 1. The third kappa shape index (κ3) is 2.30. The summed E-state index contributed by atoms with van der Waals surface area (Å²) in [7, 11) is 0. The smallest absolute Gasteiger partial charge is 0.247 e. The minimum absolute atomic E-state index is 0.0272. The van der Waals surface area contributed by atoms with E-state index in [-0.39, 0.29) is 23.9 Å². The van der Waals surface area contributed by atoms with Crippen LogP contribution in [0, 0.1) is 5.41 Å². The largest absolute Gasteiger partial charge is 0.305 e. The molecule has 4 nitrogen and oxygen atoms in total. The highest BCUT2D eigenvalue weighted by atomic mass is 16.2. The van der Waals surface area contributed by atoms with Gasteiger partial charge < -0.3 is 5.32 Å². The molecular weight excluding hydrogens is 228 g/mol. The number of likely N-dealkylation sites (tertiary alicyclic amines) is 1. The molecule has 0 aromatic rings. The van der Waals surface area contributed by atoms with Gasteiger partial charge in [-0.3, -0.25) is 14.5 Å². The maximum atomic E-state index is 12.1. The molecule has 18 heavy (non-hydrogen) atoms. The summed E-state index contributed by atoms with van der Waals surface area (Å²) >= 11 is 0. The van der Waals surface area contributed by atoms with Gasteiger partial charge in [-0.1, -0.05) is 13.3 Å². The number of amides is 2. The Hall–Kier alpha value is -0.900. The standard InChI is InChI=1S/C14H24N2O2/c1-4-14(6-5-7-14)9-15-11-8-12(17)16(10(2)3)13(11)18/h10-11,15H,4-9H2,1-3H3. The molecule has 1 N–H and O–H groups in total. The number of rotatable bonds is 5. The zero-order valence-electron chi connectivity index (χ0n) is 11.7. The first-order valence-corrected chi connectivity index (χ1v) is 7.08. The molecule has 1 saturated heterocycles. The maximum Gasteiger partial charge on any atom is 0.247 e. The molecule has 0 aromatic carbocycles. The molecule has 0 bridgehead atoms. The topological polar surface area (TPSA) is 49.4 Å². The van der Waals surface area contributed by atoms with Gasteiger partial charge in [0.15, 0.2) is 0 Å². The molecule has 1 aliphatic carbocycles. The number of hydrogen-bond acceptors (Lipinski definition) is 3. The van der Waals surface area contributed by atoms with Crippen LogP contribution in [0.15, 0.2) is 0 Å². The first-order chi connectivity index (χ1) is 8.49. The van der Waals surface area contributed by atoms with Gasteiger partial charge in [0.25, 0.3) is 0 Å². The number of imide groups is 1. The Morgan fingerprint density at radius 2 is 2.06 bits per heavy atom. The summed E-state index contributed by atoms with van der Waals surface area (Å²) in [6, 6.07) is -0.315. The minimum Gasteiger partial charge on any atom is -0.305 e. The van der Waals surface area contributed by atoms with Gasteiger partial charge in [0.2, 0.25) is 11.8 Å². The van der Waals surface area contributed by atoms with Crippen molar-refractivity contribution in [3.8, 4) is 0 Å². The van der Waals surface area contributed by atoms with E-state index in [1.807, 2.05) is 13.8 Å². The van der Waals surface area contributed by atoms with Crippen molar-refractivity contribution in [2.75, 3.05) is 6.54 Å². The van der Waals surface area contributed by atoms with Crippen LogP contribution < -0.4 is 5.32 Å². The van der Waals surface area contributed by atoms with E-state index >= 15 is 0 Å². The van der Waals surface area contributed by atoms with E-state index in [4.69, 9.17) is 0 Å². The molecule has 0 radical (unpaired) electrons. The Balaban J connectivity index is 1.91. The van der Waals surface area contributed by atoms with Crippen molar-refractivity contribution in [1.29, 1.82) is 0 Å². The molecule has 4 heteroatoms. The maximum absolute atomic E-state index is 12.1. The van der Waals surface area contributed by atoms with Crippen LogP contribution in [-0.2, 0) is 9.59 Å². The van der Waals surface area contributed by atoms with Gasteiger partial charge in [-0.25, -0.2) is 0 Å². The van der Waals surface area contributed by atoms with Gasteiger partial charge in [-0.2, -0.15) is 0 Å². The molecule has 2 rings (SSSR count). The minimum atomic E-state index is -0.288. The average molecular weight is 252 g/mol. The first-order valence-electron chi connectivity index (χ1n) is 7.08. The highest BCUT2D eigenvalue weighted by Gasteiger charge is 2.42. The van der Waals surface area contributed by atoms with E-state index in [9.17, 15) is 9.59 Å².